The van der Waals surface area contributed by atoms with E-state index in [4.69, 9.17) is 0 Å². The number of carbonyl (C=O) groups is 1. The number of benzene rings is 1. The van der Waals surface area contributed by atoms with Crippen LogP contribution in [0.2, 0.25) is 0 Å². The summed E-state index contributed by atoms with van der Waals surface area (Å²) >= 11 is 0. The fourth-order valence-electron chi connectivity index (χ4n) is 2.15. The zero-order valence-electron chi connectivity index (χ0n) is 11.9. The highest BCUT2D eigenvalue weighted by Gasteiger charge is 2.12. The van der Waals surface area contributed by atoms with Crippen LogP contribution in [0.1, 0.15) is 17.7 Å². The summed E-state index contributed by atoms with van der Waals surface area (Å²) in [5.41, 5.74) is 2.00. The molecule has 0 aliphatic rings. The Bertz CT molecular complexity index is 543. The molecule has 4 nitrogen and oxygen atoms in total. The molecule has 2 N–H and O–H groups in total. The van der Waals surface area contributed by atoms with E-state index in [1.54, 1.807) is 6.20 Å². The van der Waals surface area contributed by atoms with Crippen LogP contribution in [0.3, 0.4) is 0 Å². The van der Waals surface area contributed by atoms with Gasteiger partial charge in [-0.15, -0.1) is 0 Å². The molecule has 0 saturated heterocycles. The number of aromatic nitrogens is 1. The first-order chi connectivity index (χ1) is 10.3. The fraction of sp³-hybridized carbons (Fsp3) is 0.294. The zero-order chi connectivity index (χ0) is 14.9. The van der Waals surface area contributed by atoms with Crippen LogP contribution in [0.5, 0.6) is 0 Å². The van der Waals surface area contributed by atoms with Gasteiger partial charge in [-0.05, 0) is 30.5 Å². The molecule has 4 heteroatoms. The number of amides is 1. The first kappa shape index (κ1) is 15.2. The number of nitrogens with one attached hydrogen (secondary N) is 1. The smallest absolute Gasteiger partial charge is 0.220 e. The molecule has 1 atom stereocenters. The number of aliphatic hydroxyl groups is 1. The monoisotopic (exact) mass is 284 g/mol. The molecule has 2 aromatic rings. The summed E-state index contributed by atoms with van der Waals surface area (Å²) in [7, 11) is 0. The zero-order valence-corrected chi connectivity index (χ0v) is 11.9. The lowest BCUT2D eigenvalue weighted by atomic mass is 10.1. The van der Waals surface area contributed by atoms with Gasteiger partial charge in [0.1, 0.15) is 0 Å². The Balaban J connectivity index is 1.80. The second kappa shape index (κ2) is 8.17. The highest BCUT2D eigenvalue weighted by molar-refractivity contribution is 5.76. The summed E-state index contributed by atoms with van der Waals surface area (Å²) in [6.45, 7) is -0.0653. The normalized spacial score (nSPS) is 11.9. The molecule has 0 radical (unpaired) electrons. The van der Waals surface area contributed by atoms with E-state index in [2.05, 4.69) is 10.3 Å². The molecule has 0 fully saturated rings. The van der Waals surface area contributed by atoms with Crippen LogP contribution in [0.25, 0.3) is 0 Å². The van der Waals surface area contributed by atoms with Gasteiger partial charge in [-0.2, -0.15) is 0 Å². The minimum Gasteiger partial charge on any atom is -0.394 e. The van der Waals surface area contributed by atoms with Crippen molar-refractivity contribution in [3.05, 3.63) is 66.0 Å². The van der Waals surface area contributed by atoms with Gasteiger partial charge in [0.25, 0.3) is 0 Å². The number of aryl methyl sites for hydroxylation is 1. The average Bonchev–Trinajstić information content (AvgIpc) is 2.54. The quantitative estimate of drug-likeness (QED) is 0.814. The van der Waals surface area contributed by atoms with E-state index >= 15 is 0 Å². The van der Waals surface area contributed by atoms with Gasteiger partial charge in [0.05, 0.1) is 12.6 Å². The SMILES string of the molecule is O=C(CCc1ccccn1)N[C@@H](CO)Cc1ccccc1. The number of nitrogens with zero attached hydrogens (tertiary/aromatic N) is 1. The lowest BCUT2D eigenvalue weighted by molar-refractivity contribution is -0.122. The Morgan fingerprint density at radius 1 is 1.14 bits per heavy atom. The summed E-state index contributed by atoms with van der Waals surface area (Å²) in [4.78, 5) is 16.1. The summed E-state index contributed by atoms with van der Waals surface area (Å²) < 4.78 is 0. The molecule has 0 aliphatic carbocycles. The second-order valence-electron chi connectivity index (χ2n) is 4.96. The highest BCUT2D eigenvalue weighted by Crippen LogP contribution is 2.04. The van der Waals surface area contributed by atoms with Crippen molar-refractivity contribution in [1.82, 2.24) is 10.3 Å². The summed E-state index contributed by atoms with van der Waals surface area (Å²) in [6, 6.07) is 15.2. The topological polar surface area (TPSA) is 62.2 Å². The van der Waals surface area contributed by atoms with E-state index in [1.165, 1.54) is 0 Å². The summed E-state index contributed by atoms with van der Waals surface area (Å²) in [5, 5.41) is 12.3. The Hall–Kier alpha value is -2.20. The van der Waals surface area contributed by atoms with Crippen molar-refractivity contribution in [2.45, 2.75) is 25.3 Å². The van der Waals surface area contributed by atoms with E-state index < -0.39 is 0 Å². The predicted octanol–water partition coefficient (Wildman–Crippen LogP) is 1.73. The van der Waals surface area contributed by atoms with Gasteiger partial charge in [0, 0.05) is 18.3 Å². The first-order valence-corrected chi connectivity index (χ1v) is 7.12. The van der Waals surface area contributed by atoms with E-state index in [0.29, 0.717) is 19.3 Å². The van der Waals surface area contributed by atoms with Gasteiger partial charge in [-0.25, -0.2) is 0 Å². The van der Waals surface area contributed by atoms with Gasteiger partial charge in [-0.3, -0.25) is 9.78 Å². The molecule has 1 aromatic heterocycles. The molecule has 1 aromatic carbocycles. The number of carbonyl (C=O) groups excluding carboxylic acids is 1. The van der Waals surface area contributed by atoms with Crippen molar-refractivity contribution in [3.63, 3.8) is 0 Å². The number of pyridine rings is 1. The van der Waals surface area contributed by atoms with Crippen LogP contribution < -0.4 is 5.32 Å². The molecule has 110 valence electrons. The van der Waals surface area contributed by atoms with Crippen LogP contribution in [0.15, 0.2) is 54.7 Å². The van der Waals surface area contributed by atoms with Crippen molar-refractivity contribution >= 4 is 5.91 Å². The molecule has 0 unspecified atom stereocenters. The summed E-state index contributed by atoms with van der Waals surface area (Å²) in [6.07, 6.45) is 3.34. The molecule has 21 heavy (non-hydrogen) atoms. The second-order valence-corrected chi connectivity index (χ2v) is 4.96. The van der Waals surface area contributed by atoms with Gasteiger partial charge in [-0.1, -0.05) is 36.4 Å². The third kappa shape index (κ3) is 5.36. The van der Waals surface area contributed by atoms with Gasteiger partial charge in [0.2, 0.25) is 5.91 Å². The number of hydrogen-bond acceptors (Lipinski definition) is 3. The summed E-state index contributed by atoms with van der Waals surface area (Å²) in [5.74, 6) is -0.0596. The molecule has 0 saturated carbocycles. The number of rotatable bonds is 7. The first-order valence-electron chi connectivity index (χ1n) is 7.12. The van der Waals surface area contributed by atoms with Gasteiger partial charge in [0.15, 0.2) is 0 Å². The third-order valence-corrected chi connectivity index (χ3v) is 3.24. The Kier molecular flexibility index (Phi) is 5.91. The molecular weight excluding hydrogens is 264 g/mol. The van der Waals surface area contributed by atoms with Crippen molar-refractivity contribution in [2.24, 2.45) is 0 Å². The Labute approximate surface area is 124 Å². The van der Waals surface area contributed by atoms with Crippen molar-refractivity contribution in [1.29, 1.82) is 0 Å². The molecule has 0 bridgehead atoms. The van der Waals surface area contributed by atoms with Crippen molar-refractivity contribution < 1.29 is 9.90 Å². The van der Waals surface area contributed by atoms with Crippen LogP contribution in [-0.4, -0.2) is 28.6 Å². The maximum Gasteiger partial charge on any atom is 0.220 e. The molecule has 0 spiro atoms. The molecule has 1 amide bonds. The van der Waals surface area contributed by atoms with Gasteiger partial charge >= 0.3 is 0 Å². The van der Waals surface area contributed by atoms with E-state index in [-0.39, 0.29) is 18.6 Å². The van der Waals surface area contributed by atoms with Gasteiger partial charge < -0.3 is 10.4 Å². The average molecular weight is 284 g/mol. The molecular formula is C17H20N2O2. The van der Waals surface area contributed by atoms with Crippen LogP contribution in [0.4, 0.5) is 0 Å². The Morgan fingerprint density at radius 2 is 1.90 bits per heavy atom. The minimum absolute atomic E-state index is 0.0596. The predicted molar refractivity (Wildman–Crippen MR) is 81.7 cm³/mol. The third-order valence-electron chi connectivity index (χ3n) is 3.24. The lowest BCUT2D eigenvalue weighted by Gasteiger charge is -2.16. The molecule has 1 heterocycles. The molecule has 2 rings (SSSR count). The minimum atomic E-state index is -0.247. The van der Waals surface area contributed by atoms with Crippen molar-refractivity contribution in [3.8, 4) is 0 Å². The van der Waals surface area contributed by atoms with Crippen LogP contribution >= 0.6 is 0 Å². The fourth-order valence-corrected chi connectivity index (χ4v) is 2.15. The maximum atomic E-state index is 11.9. The standard InChI is InChI=1S/C17H20N2O2/c20-13-16(12-14-6-2-1-3-7-14)19-17(21)10-9-15-8-4-5-11-18-15/h1-8,11,16,20H,9-10,12-13H2,(H,19,21)/t16-/m1/s1. The number of hydrogen-bond donors (Lipinski definition) is 2. The highest BCUT2D eigenvalue weighted by atomic mass is 16.3. The van der Waals surface area contributed by atoms with E-state index in [0.717, 1.165) is 11.3 Å². The van der Waals surface area contributed by atoms with E-state index in [1.807, 2.05) is 48.5 Å². The molecule has 0 aliphatic heterocycles. The van der Waals surface area contributed by atoms with Crippen LogP contribution in [0, 0.1) is 0 Å². The largest absolute Gasteiger partial charge is 0.394 e. The van der Waals surface area contributed by atoms with E-state index in [9.17, 15) is 9.90 Å². The maximum absolute atomic E-state index is 11.9. The van der Waals surface area contributed by atoms with Crippen LogP contribution in [-0.2, 0) is 17.6 Å². The number of aliphatic hydroxyl groups excluding tert-OH is 1. The van der Waals surface area contributed by atoms with Crippen molar-refractivity contribution in [2.75, 3.05) is 6.61 Å². The lowest BCUT2D eigenvalue weighted by Crippen LogP contribution is -2.39. The Morgan fingerprint density at radius 3 is 2.57 bits per heavy atom.